The molecule has 0 radical (unpaired) electrons. The number of hydrogen-bond donors (Lipinski definition) is 0. The molecule has 2 aliphatic rings. The lowest BCUT2D eigenvalue weighted by atomic mass is 10.00. The lowest BCUT2D eigenvalue weighted by Gasteiger charge is -2.24. The Morgan fingerprint density at radius 1 is 0.875 bits per heavy atom. The molecule has 1 heteroatoms. The maximum absolute atomic E-state index is 1.56. The van der Waals surface area contributed by atoms with Crippen molar-refractivity contribution in [2.45, 2.75) is 43.4 Å². The van der Waals surface area contributed by atoms with Crippen LogP contribution < -0.4 is 0 Å². The Balaban J connectivity index is 1.66. The summed E-state index contributed by atoms with van der Waals surface area (Å²) in [5, 5.41) is 0. The number of hydrogen-bond acceptors (Lipinski definition) is 0. The summed E-state index contributed by atoms with van der Waals surface area (Å²) in [5.41, 5.74) is 2.41. The monoisotopic (exact) mass is 128 g/mol. The molecule has 0 heterocycles. The van der Waals surface area contributed by atoms with Crippen molar-refractivity contribution in [3.63, 3.8) is 0 Å². The van der Waals surface area contributed by atoms with Gasteiger partial charge >= 0.3 is 0 Å². The summed E-state index contributed by atoms with van der Waals surface area (Å²) < 4.78 is 0. The first-order chi connectivity index (χ1) is 3.95. The molecule has 0 spiro atoms. The first-order valence-electron chi connectivity index (χ1n) is 3.71. The summed E-state index contributed by atoms with van der Waals surface area (Å²) in [7, 11) is 1.36. The molecule has 0 aromatic rings. The second kappa shape index (κ2) is 1.99. The first kappa shape index (κ1) is 5.23. The molecule has 2 rings (SSSR count). The Labute approximate surface area is 52.8 Å². The average Bonchev–Trinajstić information content (AvgIpc) is 2.36. The molecule has 0 saturated heterocycles. The molecule has 1 unspecified atom stereocenters. The molecular weight excluding hydrogens is 115 g/mol. The minimum absolute atomic E-state index is 1.20. The topological polar surface area (TPSA) is 0 Å². The van der Waals surface area contributed by atoms with Crippen LogP contribution in [0.25, 0.3) is 0 Å². The van der Waals surface area contributed by atoms with Crippen LogP contribution in [0.4, 0.5) is 0 Å². The van der Waals surface area contributed by atoms with Gasteiger partial charge in [0, 0.05) is 0 Å². The molecule has 0 aliphatic heterocycles. The van der Waals surface area contributed by atoms with Crippen LogP contribution >= 0.6 is 8.58 Å². The smallest absolute Gasteiger partial charge is 0.0234 e. The molecule has 0 amide bonds. The van der Waals surface area contributed by atoms with E-state index >= 15 is 0 Å². The number of rotatable bonds is 2. The molecule has 2 saturated carbocycles. The lowest BCUT2D eigenvalue weighted by Crippen LogP contribution is -2.11. The van der Waals surface area contributed by atoms with Gasteiger partial charge in [-0.25, -0.2) is 0 Å². The van der Waals surface area contributed by atoms with E-state index in [-0.39, 0.29) is 0 Å². The second-order valence-corrected chi connectivity index (χ2v) is 5.04. The van der Waals surface area contributed by atoms with Crippen molar-refractivity contribution >= 4 is 8.58 Å². The third kappa shape index (κ3) is 1.05. The zero-order chi connectivity index (χ0) is 5.40. The van der Waals surface area contributed by atoms with Gasteiger partial charge in [-0.1, -0.05) is 6.42 Å². The largest absolute Gasteiger partial charge is 0.116 e. The molecule has 46 valence electrons. The fourth-order valence-electron chi connectivity index (χ4n) is 1.16. The molecule has 1 atom stereocenters. The molecule has 0 bridgehead atoms. The summed E-state index contributed by atoms with van der Waals surface area (Å²) in [6.45, 7) is 0. The fraction of sp³-hybridized carbons (Fsp3) is 1.00. The van der Waals surface area contributed by atoms with Crippen LogP contribution in [-0.2, 0) is 0 Å². The molecular formula is C7H13P. The van der Waals surface area contributed by atoms with Crippen LogP contribution in [0.3, 0.4) is 0 Å². The van der Waals surface area contributed by atoms with Gasteiger partial charge < -0.3 is 0 Å². The van der Waals surface area contributed by atoms with E-state index in [4.69, 9.17) is 0 Å². The summed E-state index contributed by atoms with van der Waals surface area (Å²) in [5.74, 6) is 0. The fourth-order valence-corrected chi connectivity index (χ4v) is 3.07. The Bertz CT molecular complexity index is 82.4. The van der Waals surface area contributed by atoms with E-state index < -0.39 is 0 Å². The van der Waals surface area contributed by atoms with E-state index in [1.54, 1.807) is 25.7 Å². The third-order valence-electron chi connectivity index (χ3n) is 2.15. The van der Waals surface area contributed by atoms with Crippen molar-refractivity contribution < 1.29 is 0 Å². The van der Waals surface area contributed by atoms with Gasteiger partial charge in [0.05, 0.1) is 0 Å². The van der Waals surface area contributed by atoms with Gasteiger partial charge in [-0.2, -0.15) is 0 Å². The Morgan fingerprint density at radius 2 is 1.50 bits per heavy atom. The lowest BCUT2D eigenvalue weighted by molar-refractivity contribution is 0.517. The zero-order valence-electron chi connectivity index (χ0n) is 5.19. The predicted octanol–water partition coefficient (Wildman–Crippen LogP) is 2.38. The summed E-state index contributed by atoms with van der Waals surface area (Å²) in [4.78, 5) is 0. The van der Waals surface area contributed by atoms with E-state index in [0.717, 1.165) is 0 Å². The van der Waals surface area contributed by atoms with Crippen molar-refractivity contribution in [1.82, 2.24) is 0 Å². The van der Waals surface area contributed by atoms with Gasteiger partial charge in [-0.3, -0.25) is 0 Å². The standard InChI is InChI=1S/C7H13P/c1-2-6(3-1)8-7-4-5-7/h6-8H,1-5H2. The predicted molar refractivity (Wildman–Crippen MR) is 39.0 cm³/mol. The maximum atomic E-state index is 1.56. The summed E-state index contributed by atoms with van der Waals surface area (Å²) >= 11 is 0. The van der Waals surface area contributed by atoms with Gasteiger partial charge in [0.1, 0.15) is 0 Å². The van der Waals surface area contributed by atoms with Crippen molar-refractivity contribution in [2.75, 3.05) is 0 Å². The highest BCUT2D eigenvalue weighted by atomic mass is 31.1. The molecule has 2 fully saturated rings. The van der Waals surface area contributed by atoms with E-state index in [0.29, 0.717) is 0 Å². The molecule has 0 N–H and O–H groups in total. The van der Waals surface area contributed by atoms with Crippen LogP contribution in [-0.4, -0.2) is 11.3 Å². The summed E-state index contributed by atoms with van der Waals surface area (Å²) in [6, 6.07) is 0. The Morgan fingerprint density at radius 3 is 1.88 bits per heavy atom. The molecule has 2 aliphatic carbocycles. The average molecular weight is 128 g/mol. The van der Waals surface area contributed by atoms with Crippen LogP contribution in [0, 0.1) is 0 Å². The van der Waals surface area contributed by atoms with Gasteiger partial charge in [0.15, 0.2) is 0 Å². The van der Waals surface area contributed by atoms with E-state index in [2.05, 4.69) is 0 Å². The first-order valence-corrected chi connectivity index (χ1v) is 4.87. The van der Waals surface area contributed by atoms with Crippen molar-refractivity contribution in [3.05, 3.63) is 0 Å². The van der Waals surface area contributed by atoms with Gasteiger partial charge in [0.2, 0.25) is 0 Å². The highest BCUT2D eigenvalue weighted by molar-refractivity contribution is 7.40. The SMILES string of the molecule is C1CC(PC2CC2)C1. The van der Waals surface area contributed by atoms with Gasteiger partial charge in [-0.15, -0.1) is 8.58 Å². The van der Waals surface area contributed by atoms with Crippen molar-refractivity contribution in [1.29, 1.82) is 0 Å². The quantitative estimate of drug-likeness (QED) is 0.501. The zero-order valence-corrected chi connectivity index (χ0v) is 6.19. The minimum Gasteiger partial charge on any atom is -0.116 e. The minimum atomic E-state index is 1.20. The highest BCUT2D eigenvalue weighted by Gasteiger charge is 2.27. The van der Waals surface area contributed by atoms with Crippen LogP contribution in [0.2, 0.25) is 0 Å². The molecule has 0 aromatic carbocycles. The molecule has 0 nitrogen and oxygen atoms in total. The van der Waals surface area contributed by atoms with Crippen molar-refractivity contribution in [2.24, 2.45) is 0 Å². The van der Waals surface area contributed by atoms with Gasteiger partial charge in [0.25, 0.3) is 0 Å². The molecule has 8 heavy (non-hydrogen) atoms. The van der Waals surface area contributed by atoms with Gasteiger partial charge in [-0.05, 0) is 37.0 Å². The normalized spacial score (nSPS) is 31.5. The highest BCUT2D eigenvalue weighted by Crippen LogP contribution is 2.48. The summed E-state index contributed by atoms with van der Waals surface area (Å²) in [6.07, 6.45) is 7.79. The molecule has 0 aromatic heterocycles. The van der Waals surface area contributed by atoms with Crippen LogP contribution in [0.1, 0.15) is 32.1 Å². The van der Waals surface area contributed by atoms with Crippen molar-refractivity contribution in [3.8, 4) is 0 Å². The second-order valence-electron chi connectivity index (χ2n) is 3.07. The van der Waals surface area contributed by atoms with Crippen LogP contribution in [0.5, 0.6) is 0 Å². The van der Waals surface area contributed by atoms with E-state index in [1.807, 2.05) is 0 Å². The Hall–Kier alpha value is 0.430. The Kier molecular flexibility index (Phi) is 1.30. The van der Waals surface area contributed by atoms with E-state index in [1.165, 1.54) is 26.3 Å². The van der Waals surface area contributed by atoms with E-state index in [9.17, 15) is 0 Å². The third-order valence-corrected chi connectivity index (χ3v) is 4.25. The van der Waals surface area contributed by atoms with Crippen LogP contribution in [0.15, 0.2) is 0 Å². The maximum Gasteiger partial charge on any atom is -0.0234 e.